The van der Waals surface area contributed by atoms with Gasteiger partial charge in [-0.1, -0.05) is 31.2 Å². The monoisotopic (exact) mass is 332 g/mol. The van der Waals surface area contributed by atoms with Crippen LogP contribution >= 0.6 is 0 Å². The fourth-order valence-corrected chi connectivity index (χ4v) is 2.51. The molecule has 0 heterocycles. The van der Waals surface area contributed by atoms with Crippen molar-refractivity contribution in [3.05, 3.63) is 35.4 Å². The third kappa shape index (κ3) is 7.82. The molecule has 0 atom stereocenters. The minimum atomic E-state index is 0.621. The number of benzene rings is 1. The third-order valence-corrected chi connectivity index (χ3v) is 4.36. The summed E-state index contributed by atoms with van der Waals surface area (Å²) in [5.74, 6) is 0.917. The zero-order valence-corrected chi connectivity index (χ0v) is 16.2. The van der Waals surface area contributed by atoms with Gasteiger partial charge in [-0.05, 0) is 64.8 Å². The van der Waals surface area contributed by atoms with Gasteiger partial charge in [0.15, 0.2) is 5.96 Å². The Balaban J connectivity index is 2.43. The van der Waals surface area contributed by atoms with Crippen molar-refractivity contribution in [2.24, 2.45) is 4.99 Å². The van der Waals surface area contributed by atoms with E-state index in [2.05, 4.69) is 74.5 Å². The average Bonchev–Trinajstić information content (AvgIpc) is 2.59. The summed E-state index contributed by atoms with van der Waals surface area (Å²) < 4.78 is 0. The lowest BCUT2D eigenvalue weighted by molar-refractivity contribution is 0.268. The van der Waals surface area contributed by atoms with Crippen molar-refractivity contribution < 1.29 is 0 Å². The number of nitrogens with zero attached hydrogens (tertiary/aromatic N) is 2. The van der Waals surface area contributed by atoms with Crippen LogP contribution in [0.3, 0.4) is 0 Å². The van der Waals surface area contributed by atoms with Gasteiger partial charge < -0.3 is 15.5 Å². The van der Waals surface area contributed by atoms with E-state index < -0.39 is 0 Å². The minimum Gasteiger partial charge on any atom is -0.357 e. The van der Waals surface area contributed by atoms with Crippen LogP contribution in [0.2, 0.25) is 0 Å². The quantitative estimate of drug-likeness (QED) is 0.392. The Morgan fingerprint density at radius 1 is 1.08 bits per heavy atom. The second-order valence-corrected chi connectivity index (χ2v) is 6.53. The highest BCUT2D eigenvalue weighted by Gasteiger charge is 2.03. The topological polar surface area (TPSA) is 39.7 Å². The molecule has 0 bridgehead atoms. The van der Waals surface area contributed by atoms with Crippen molar-refractivity contribution in [2.45, 2.75) is 59.5 Å². The molecule has 136 valence electrons. The van der Waals surface area contributed by atoms with Crippen LogP contribution in [0.5, 0.6) is 0 Å². The van der Waals surface area contributed by atoms with Crippen LogP contribution in [0, 0.1) is 0 Å². The largest absolute Gasteiger partial charge is 0.357 e. The van der Waals surface area contributed by atoms with Crippen LogP contribution < -0.4 is 10.6 Å². The molecule has 0 amide bonds. The molecule has 4 heteroatoms. The lowest BCUT2D eigenvalue weighted by atomic mass is 10.1. The predicted molar refractivity (Wildman–Crippen MR) is 106 cm³/mol. The number of rotatable bonds is 10. The van der Waals surface area contributed by atoms with Crippen LogP contribution in [-0.4, -0.2) is 43.6 Å². The van der Waals surface area contributed by atoms with Gasteiger partial charge in [0, 0.05) is 19.1 Å². The number of aryl methyl sites for hydroxylation is 1. The maximum atomic E-state index is 4.74. The van der Waals surface area contributed by atoms with Crippen molar-refractivity contribution in [3.8, 4) is 0 Å². The van der Waals surface area contributed by atoms with Crippen LogP contribution in [0.1, 0.15) is 51.7 Å². The summed E-state index contributed by atoms with van der Waals surface area (Å²) in [7, 11) is 2.19. The van der Waals surface area contributed by atoms with Crippen LogP contribution in [0.25, 0.3) is 0 Å². The Bertz CT molecular complexity index is 482. The molecule has 1 aromatic rings. The molecule has 2 N–H and O–H groups in total. The van der Waals surface area contributed by atoms with E-state index in [4.69, 9.17) is 4.99 Å². The lowest BCUT2D eigenvalue weighted by Gasteiger charge is -2.20. The van der Waals surface area contributed by atoms with Gasteiger partial charge in [-0.2, -0.15) is 0 Å². The van der Waals surface area contributed by atoms with Crippen LogP contribution in [0.15, 0.2) is 29.3 Å². The second kappa shape index (κ2) is 11.9. The van der Waals surface area contributed by atoms with E-state index in [0.29, 0.717) is 6.04 Å². The molecule has 1 rings (SSSR count). The summed E-state index contributed by atoms with van der Waals surface area (Å²) in [4.78, 5) is 7.13. The number of guanidine groups is 1. The normalized spacial score (nSPS) is 12.0. The van der Waals surface area contributed by atoms with Gasteiger partial charge in [-0.25, -0.2) is 4.99 Å². The highest BCUT2D eigenvalue weighted by molar-refractivity contribution is 5.79. The smallest absolute Gasteiger partial charge is 0.191 e. The number of hydrogen-bond acceptors (Lipinski definition) is 2. The summed E-state index contributed by atoms with van der Waals surface area (Å²) in [6, 6.07) is 9.18. The number of nitrogens with one attached hydrogen (secondary N) is 2. The molecule has 1 aromatic carbocycles. The molecule has 24 heavy (non-hydrogen) atoms. The number of aliphatic imine (C=N–C) groups is 1. The van der Waals surface area contributed by atoms with Gasteiger partial charge in [-0.3, -0.25) is 0 Å². The van der Waals surface area contributed by atoms with Gasteiger partial charge in [0.05, 0.1) is 6.54 Å². The molecular weight excluding hydrogens is 296 g/mol. The van der Waals surface area contributed by atoms with E-state index >= 15 is 0 Å². The molecule has 0 spiro atoms. The first-order valence-corrected chi connectivity index (χ1v) is 9.37. The summed E-state index contributed by atoms with van der Waals surface area (Å²) >= 11 is 0. The predicted octanol–water partition coefficient (Wildman–Crippen LogP) is 3.42. The molecule has 4 nitrogen and oxygen atoms in total. The first kappa shape index (κ1) is 20.5. The SMILES string of the molecule is CCNC(=NCc1ccccc1CC)NCCCCN(C)C(C)C. The van der Waals surface area contributed by atoms with E-state index in [0.717, 1.165) is 45.0 Å². The van der Waals surface area contributed by atoms with Gasteiger partial charge in [0.1, 0.15) is 0 Å². The second-order valence-electron chi connectivity index (χ2n) is 6.53. The Morgan fingerprint density at radius 3 is 2.42 bits per heavy atom. The maximum Gasteiger partial charge on any atom is 0.191 e. The van der Waals surface area contributed by atoms with Gasteiger partial charge >= 0.3 is 0 Å². The highest BCUT2D eigenvalue weighted by atomic mass is 15.2. The molecule has 0 saturated carbocycles. The first-order chi connectivity index (χ1) is 11.6. The van der Waals surface area contributed by atoms with Crippen molar-refractivity contribution in [3.63, 3.8) is 0 Å². The zero-order chi connectivity index (χ0) is 17.8. The Labute approximate surface area is 148 Å². The van der Waals surface area contributed by atoms with Crippen LogP contribution in [0.4, 0.5) is 0 Å². The Morgan fingerprint density at radius 2 is 1.79 bits per heavy atom. The number of unbranched alkanes of at least 4 members (excludes halogenated alkanes) is 1. The summed E-state index contributed by atoms with van der Waals surface area (Å²) in [5.41, 5.74) is 2.70. The molecule has 0 unspecified atom stereocenters. The average molecular weight is 333 g/mol. The summed E-state index contributed by atoms with van der Waals surface area (Å²) in [6.07, 6.45) is 3.42. The van der Waals surface area contributed by atoms with E-state index in [1.165, 1.54) is 17.5 Å². The van der Waals surface area contributed by atoms with Crippen molar-refractivity contribution in [1.29, 1.82) is 0 Å². The minimum absolute atomic E-state index is 0.621. The molecule has 0 fully saturated rings. The fraction of sp³-hybridized carbons (Fsp3) is 0.650. The molecule has 0 aliphatic carbocycles. The first-order valence-electron chi connectivity index (χ1n) is 9.37. The lowest BCUT2D eigenvalue weighted by Crippen LogP contribution is -2.38. The van der Waals surface area contributed by atoms with Crippen LogP contribution in [-0.2, 0) is 13.0 Å². The van der Waals surface area contributed by atoms with E-state index in [1.54, 1.807) is 0 Å². The maximum absolute atomic E-state index is 4.74. The van der Waals surface area contributed by atoms with E-state index in [-0.39, 0.29) is 0 Å². The van der Waals surface area contributed by atoms with Gasteiger partial charge in [0.2, 0.25) is 0 Å². The zero-order valence-electron chi connectivity index (χ0n) is 16.2. The fourth-order valence-electron chi connectivity index (χ4n) is 2.51. The van der Waals surface area contributed by atoms with Crippen molar-refractivity contribution >= 4 is 5.96 Å². The summed E-state index contributed by atoms with van der Waals surface area (Å²) in [6.45, 7) is 12.5. The molecule has 0 saturated heterocycles. The van der Waals surface area contributed by atoms with Crippen molar-refractivity contribution in [2.75, 3.05) is 26.7 Å². The molecule has 0 aliphatic heterocycles. The summed E-state index contributed by atoms with van der Waals surface area (Å²) in [5, 5.41) is 6.79. The Kier molecular flexibility index (Phi) is 10.2. The Hall–Kier alpha value is -1.55. The molecule has 0 radical (unpaired) electrons. The van der Waals surface area contributed by atoms with Crippen molar-refractivity contribution in [1.82, 2.24) is 15.5 Å². The van der Waals surface area contributed by atoms with E-state index in [1.807, 2.05) is 0 Å². The van der Waals surface area contributed by atoms with E-state index in [9.17, 15) is 0 Å². The van der Waals surface area contributed by atoms with Gasteiger partial charge in [-0.15, -0.1) is 0 Å². The number of hydrogen-bond donors (Lipinski definition) is 2. The van der Waals surface area contributed by atoms with Gasteiger partial charge in [0.25, 0.3) is 0 Å². The molecular formula is C20H36N4. The third-order valence-electron chi connectivity index (χ3n) is 4.36. The standard InChI is InChI=1S/C20H36N4/c1-6-18-12-8-9-13-19(18)16-23-20(21-7-2)22-14-10-11-15-24(5)17(3)4/h8-9,12-13,17H,6-7,10-11,14-16H2,1-5H3,(H2,21,22,23). The molecule has 0 aromatic heterocycles. The molecule has 0 aliphatic rings. The highest BCUT2D eigenvalue weighted by Crippen LogP contribution is 2.10.